The quantitative estimate of drug-likeness (QED) is 0.824. The molecule has 0 spiro atoms. The van der Waals surface area contributed by atoms with Crippen LogP contribution in [-0.4, -0.2) is 40.8 Å². The van der Waals surface area contributed by atoms with Crippen molar-refractivity contribution in [3.05, 3.63) is 0 Å². The molecule has 104 valence electrons. The molecule has 18 heavy (non-hydrogen) atoms. The highest BCUT2D eigenvalue weighted by molar-refractivity contribution is 5.78. The molecule has 0 radical (unpaired) electrons. The maximum absolute atomic E-state index is 11.9. The molecule has 1 saturated heterocycles. The zero-order valence-corrected chi connectivity index (χ0v) is 11.8. The number of carbonyl (C=O) groups excluding carboxylic acids is 1. The lowest BCUT2D eigenvalue weighted by Crippen LogP contribution is -2.38. The number of likely N-dealkylation sites (tertiary alicyclic amines) is 1. The van der Waals surface area contributed by atoms with Crippen molar-refractivity contribution in [3.63, 3.8) is 0 Å². The second-order valence-electron chi connectivity index (χ2n) is 6.19. The van der Waals surface area contributed by atoms with Gasteiger partial charge in [-0.3, -0.25) is 4.79 Å². The van der Waals surface area contributed by atoms with Crippen LogP contribution in [0.4, 0.5) is 4.79 Å². The molecule has 1 unspecified atom stereocenters. The highest BCUT2D eigenvalue weighted by atomic mass is 16.6. The van der Waals surface area contributed by atoms with Crippen LogP contribution in [0.5, 0.6) is 0 Å². The molecule has 1 rings (SSSR count). The fraction of sp³-hybridized carbons (Fsp3) is 0.846. The second kappa shape index (κ2) is 4.78. The Bertz CT molecular complexity index is 347. The molecule has 0 aromatic rings. The molecule has 0 aromatic heterocycles. The number of aliphatic carboxylic acids is 1. The van der Waals surface area contributed by atoms with E-state index in [1.165, 1.54) is 4.90 Å². The van der Waals surface area contributed by atoms with Crippen LogP contribution in [0.1, 0.15) is 41.0 Å². The highest BCUT2D eigenvalue weighted by Gasteiger charge is 2.49. The summed E-state index contributed by atoms with van der Waals surface area (Å²) in [4.78, 5) is 24.8. The lowest BCUT2D eigenvalue weighted by Gasteiger charge is -2.25. The fourth-order valence-electron chi connectivity index (χ4n) is 2.35. The summed E-state index contributed by atoms with van der Waals surface area (Å²) in [6.45, 7) is 9.72. The van der Waals surface area contributed by atoms with Gasteiger partial charge < -0.3 is 14.7 Å². The minimum atomic E-state index is -0.869. The molecule has 1 heterocycles. The Morgan fingerprint density at radius 2 is 2.00 bits per heavy atom. The third-order valence-corrected chi connectivity index (χ3v) is 3.49. The van der Waals surface area contributed by atoms with Crippen molar-refractivity contribution in [1.82, 2.24) is 4.90 Å². The van der Waals surface area contributed by atoms with Gasteiger partial charge in [-0.2, -0.15) is 0 Å². The number of rotatable bonds is 2. The van der Waals surface area contributed by atoms with Crippen molar-refractivity contribution in [2.75, 3.05) is 13.1 Å². The minimum absolute atomic E-state index is 0.0254. The lowest BCUT2D eigenvalue weighted by molar-refractivity contribution is -0.149. The summed E-state index contributed by atoms with van der Waals surface area (Å²) >= 11 is 0. The molecule has 1 aliphatic rings. The monoisotopic (exact) mass is 257 g/mol. The number of amides is 1. The molecular formula is C13H23NO4. The van der Waals surface area contributed by atoms with Gasteiger partial charge in [0, 0.05) is 13.1 Å². The Labute approximate surface area is 108 Å². The van der Waals surface area contributed by atoms with Crippen molar-refractivity contribution < 1.29 is 19.4 Å². The standard InChI is InChI=1S/C13H23NO4/c1-6-9-7-14(8-13(9,5)10(15)16)11(17)18-12(2,3)4/h9H,6-8H2,1-5H3,(H,15,16)/t9?,13-/m0/s1. The third kappa shape index (κ3) is 2.94. The van der Waals surface area contributed by atoms with Gasteiger partial charge in [0.15, 0.2) is 0 Å². The van der Waals surface area contributed by atoms with Crippen molar-refractivity contribution in [1.29, 1.82) is 0 Å². The van der Waals surface area contributed by atoms with Crippen molar-refractivity contribution in [3.8, 4) is 0 Å². The van der Waals surface area contributed by atoms with Crippen LogP contribution in [0.3, 0.4) is 0 Å². The Morgan fingerprint density at radius 3 is 2.33 bits per heavy atom. The van der Waals surface area contributed by atoms with Gasteiger partial charge in [-0.1, -0.05) is 13.3 Å². The number of carbonyl (C=O) groups is 2. The van der Waals surface area contributed by atoms with Crippen molar-refractivity contribution >= 4 is 12.1 Å². The maximum atomic E-state index is 11.9. The smallest absolute Gasteiger partial charge is 0.410 e. The van der Waals surface area contributed by atoms with E-state index in [1.807, 2.05) is 6.92 Å². The molecule has 5 heteroatoms. The molecular weight excluding hydrogens is 234 g/mol. The number of ether oxygens (including phenoxy) is 1. The Balaban J connectivity index is 2.79. The number of hydrogen-bond acceptors (Lipinski definition) is 3. The van der Waals surface area contributed by atoms with Gasteiger partial charge in [0.2, 0.25) is 0 Å². The molecule has 1 N–H and O–H groups in total. The summed E-state index contributed by atoms with van der Waals surface area (Å²) in [5.74, 6) is -0.872. The first-order chi connectivity index (χ1) is 8.10. The van der Waals surface area contributed by atoms with Gasteiger partial charge in [-0.05, 0) is 33.6 Å². The van der Waals surface area contributed by atoms with Crippen LogP contribution in [0.25, 0.3) is 0 Å². The molecule has 5 nitrogen and oxygen atoms in total. The van der Waals surface area contributed by atoms with E-state index in [0.717, 1.165) is 6.42 Å². The van der Waals surface area contributed by atoms with Crippen molar-refractivity contribution in [2.45, 2.75) is 46.6 Å². The summed E-state index contributed by atoms with van der Waals surface area (Å²) in [5.41, 5.74) is -1.42. The van der Waals surface area contributed by atoms with Crippen LogP contribution < -0.4 is 0 Å². The van der Waals surface area contributed by atoms with Crippen LogP contribution in [-0.2, 0) is 9.53 Å². The normalized spacial score (nSPS) is 28.3. The van der Waals surface area contributed by atoms with Crippen molar-refractivity contribution in [2.24, 2.45) is 11.3 Å². The Morgan fingerprint density at radius 1 is 1.44 bits per heavy atom. The molecule has 2 atom stereocenters. The van der Waals surface area contributed by atoms with Gasteiger partial charge >= 0.3 is 12.1 Å². The average Bonchev–Trinajstić information content (AvgIpc) is 2.54. The number of carboxylic acid groups (broad SMARTS) is 1. The molecule has 0 bridgehead atoms. The van der Waals surface area contributed by atoms with Gasteiger partial charge in [-0.25, -0.2) is 4.79 Å². The minimum Gasteiger partial charge on any atom is -0.481 e. The first-order valence-corrected chi connectivity index (χ1v) is 6.31. The topological polar surface area (TPSA) is 66.8 Å². The summed E-state index contributed by atoms with van der Waals surface area (Å²) in [6.07, 6.45) is 0.313. The Kier molecular flexibility index (Phi) is 3.93. The lowest BCUT2D eigenvalue weighted by atomic mass is 9.79. The summed E-state index contributed by atoms with van der Waals surface area (Å²) < 4.78 is 5.28. The van der Waals surface area contributed by atoms with Crippen LogP contribution in [0.2, 0.25) is 0 Å². The van der Waals surface area contributed by atoms with Gasteiger partial charge in [-0.15, -0.1) is 0 Å². The fourth-order valence-corrected chi connectivity index (χ4v) is 2.35. The zero-order valence-electron chi connectivity index (χ0n) is 11.8. The zero-order chi connectivity index (χ0) is 14.1. The van der Waals surface area contributed by atoms with E-state index in [0.29, 0.717) is 6.54 Å². The number of carboxylic acids is 1. The molecule has 0 aliphatic carbocycles. The number of nitrogens with zero attached hydrogens (tertiary/aromatic N) is 1. The van der Waals surface area contributed by atoms with Crippen LogP contribution >= 0.6 is 0 Å². The van der Waals surface area contributed by atoms with Gasteiger partial charge in [0.1, 0.15) is 5.60 Å². The van der Waals surface area contributed by atoms with E-state index in [4.69, 9.17) is 4.74 Å². The van der Waals surface area contributed by atoms with Gasteiger partial charge in [0.05, 0.1) is 5.41 Å². The maximum Gasteiger partial charge on any atom is 0.410 e. The molecule has 0 saturated carbocycles. The third-order valence-electron chi connectivity index (χ3n) is 3.49. The summed E-state index contributed by atoms with van der Waals surface area (Å²) in [6, 6.07) is 0. The van der Waals surface area contributed by atoms with E-state index in [-0.39, 0.29) is 12.5 Å². The molecule has 1 fully saturated rings. The number of hydrogen-bond donors (Lipinski definition) is 1. The Hall–Kier alpha value is -1.26. The SMILES string of the molecule is CCC1CN(C(=O)OC(C)(C)C)C[C@]1(C)C(=O)O. The summed E-state index contributed by atoms with van der Waals surface area (Å²) in [7, 11) is 0. The second-order valence-corrected chi connectivity index (χ2v) is 6.19. The average molecular weight is 257 g/mol. The first-order valence-electron chi connectivity index (χ1n) is 6.31. The molecule has 1 amide bonds. The largest absolute Gasteiger partial charge is 0.481 e. The van der Waals surface area contributed by atoms with E-state index in [9.17, 15) is 14.7 Å². The highest BCUT2D eigenvalue weighted by Crippen LogP contribution is 2.38. The first kappa shape index (κ1) is 14.8. The predicted molar refractivity (Wildman–Crippen MR) is 67.3 cm³/mol. The van der Waals surface area contributed by atoms with E-state index in [2.05, 4.69) is 0 Å². The van der Waals surface area contributed by atoms with E-state index in [1.54, 1.807) is 27.7 Å². The molecule has 0 aromatic carbocycles. The van der Waals surface area contributed by atoms with E-state index >= 15 is 0 Å². The van der Waals surface area contributed by atoms with Gasteiger partial charge in [0.25, 0.3) is 0 Å². The van der Waals surface area contributed by atoms with Crippen LogP contribution in [0.15, 0.2) is 0 Å². The predicted octanol–water partition coefficient (Wildman–Crippen LogP) is 2.35. The van der Waals surface area contributed by atoms with Crippen LogP contribution in [0, 0.1) is 11.3 Å². The molecule has 1 aliphatic heterocycles. The summed E-state index contributed by atoms with van der Waals surface area (Å²) in [5, 5.41) is 9.33. The van der Waals surface area contributed by atoms with E-state index < -0.39 is 23.1 Å².